The predicted octanol–water partition coefficient (Wildman–Crippen LogP) is 2.90. The van der Waals surface area contributed by atoms with E-state index in [4.69, 9.17) is 23.7 Å². The van der Waals surface area contributed by atoms with Gasteiger partial charge in [-0.2, -0.15) is 0 Å². The van der Waals surface area contributed by atoms with Gasteiger partial charge in [-0.1, -0.05) is 30.3 Å². The molecule has 3 aromatic rings. The molecule has 1 heterocycles. The predicted molar refractivity (Wildman–Crippen MR) is 130 cm³/mol. The number of esters is 1. The number of nitrogens with one attached hydrogen (secondary N) is 1. The van der Waals surface area contributed by atoms with Gasteiger partial charge in [0.2, 0.25) is 5.75 Å². The smallest absolute Gasteiger partial charge is 0.336 e. The van der Waals surface area contributed by atoms with Crippen LogP contribution in [-0.4, -0.2) is 53.6 Å². The normalized spacial score (nSPS) is 14.3. The Morgan fingerprint density at radius 3 is 2.32 bits per heavy atom. The van der Waals surface area contributed by atoms with Gasteiger partial charge in [0.1, 0.15) is 25.4 Å². The van der Waals surface area contributed by atoms with Crippen LogP contribution >= 0.6 is 0 Å². The first-order valence-electron chi connectivity index (χ1n) is 11.2. The molecular weight excluding hydrogens is 434 g/mol. The molecule has 7 heteroatoms. The molecule has 178 valence electrons. The highest BCUT2D eigenvalue weighted by atomic mass is 16.5. The molecule has 34 heavy (non-hydrogen) atoms. The number of benzene rings is 3. The summed E-state index contributed by atoms with van der Waals surface area (Å²) in [5.74, 6) is 1.65. The summed E-state index contributed by atoms with van der Waals surface area (Å²) in [6, 6.07) is 15.6. The molecule has 1 saturated heterocycles. The van der Waals surface area contributed by atoms with Gasteiger partial charge in [0, 0.05) is 6.08 Å². The van der Waals surface area contributed by atoms with Crippen LogP contribution in [0.2, 0.25) is 0 Å². The van der Waals surface area contributed by atoms with Crippen LogP contribution in [0.25, 0.3) is 16.8 Å². The van der Waals surface area contributed by atoms with Crippen molar-refractivity contribution in [2.45, 2.75) is 6.54 Å². The zero-order valence-electron chi connectivity index (χ0n) is 19.8. The number of rotatable bonds is 8. The first-order valence-corrected chi connectivity index (χ1v) is 11.2. The summed E-state index contributed by atoms with van der Waals surface area (Å²) in [6.07, 6.45) is 3.07. The lowest BCUT2D eigenvalue weighted by Gasteiger charge is -2.25. The maximum Gasteiger partial charge on any atom is 0.336 e. The van der Waals surface area contributed by atoms with Crippen LogP contribution in [0.15, 0.2) is 54.6 Å². The monoisotopic (exact) mass is 464 g/mol. The minimum Gasteiger partial charge on any atom is -0.493 e. The van der Waals surface area contributed by atoms with E-state index >= 15 is 0 Å². The van der Waals surface area contributed by atoms with Crippen LogP contribution in [-0.2, 0) is 16.1 Å². The molecule has 1 N–H and O–H groups in total. The van der Waals surface area contributed by atoms with Crippen molar-refractivity contribution in [1.82, 2.24) is 0 Å². The number of carbonyl (C=O) groups excluding carboxylic acids is 1. The molecule has 0 bridgehead atoms. The van der Waals surface area contributed by atoms with E-state index in [2.05, 4.69) is 12.1 Å². The molecule has 0 amide bonds. The zero-order valence-corrected chi connectivity index (χ0v) is 19.8. The SMILES string of the molecule is COc1cc(/C=C/C(=O)Oc2ccc3ccccc3c2C[NH+]2CCOCC2)cc(OC)c1OC. The maximum absolute atomic E-state index is 12.8. The van der Waals surface area contributed by atoms with Gasteiger partial charge in [-0.05, 0) is 40.6 Å². The van der Waals surface area contributed by atoms with Gasteiger partial charge in [0.25, 0.3) is 0 Å². The van der Waals surface area contributed by atoms with Gasteiger partial charge in [0.05, 0.1) is 40.1 Å². The van der Waals surface area contributed by atoms with E-state index in [1.807, 2.05) is 24.3 Å². The van der Waals surface area contributed by atoms with E-state index in [0.29, 0.717) is 23.0 Å². The van der Waals surface area contributed by atoms with Crippen LogP contribution in [0.1, 0.15) is 11.1 Å². The van der Waals surface area contributed by atoms with Crippen molar-refractivity contribution >= 4 is 22.8 Å². The van der Waals surface area contributed by atoms with E-state index in [0.717, 1.165) is 54.7 Å². The van der Waals surface area contributed by atoms with E-state index in [1.165, 1.54) is 11.0 Å². The van der Waals surface area contributed by atoms with Crippen molar-refractivity contribution in [3.63, 3.8) is 0 Å². The average molecular weight is 465 g/mol. The Morgan fingerprint density at radius 2 is 1.65 bits per heavy atom. The zero-order chi connectivity index (χ0) is 23.9. The molecule has 0 radical (unpaired) electrons. The highest BCUT2D eigenvalue weighted by molar-refractivity contribution is 5.92. The molecule has 1 fully saturated rings. The molecule has 0 atom stereocenters. The van der Waals surface area contributed by atoms with Gasteiger partial charge in [-0.25, -0.2) is 4.79 Å². The summed E-state index contributed by atoms with van der Waals surface area (Å²) in [7, 11) is 4.65. The molecule has 0 saturated carbocycles. The quantitative estimate of drug-likeness (QED) is 0.314. The fourth-order valence-electron chi connectivity index (χ4n) is 4.19. The second-order valence-corrected chi connectivity index (χ2v) is 8.02. The van der Waals surface area contributed by atoms with Crippen molar-refractivity contribution in [1.29, 1.82) is 0 Å². The van der Waals surface area contributed by atoms with E-state index in [9.17, 15) is 4.79 Å². The standard InChI is InChI=1S/C27H29NO6/c1-30-24-16-19(17-25(31-2)27(24)32-3)8-11-26(29)34-23-10-9-20-6-4-5-7-21(20)22(23)18-28-12-14-33-15-13-28/h4-11,16-17H,12-15,18H2,1-3H3/p+1/b11-8+. The third-order valence-electron chi connectivity index (χ3n) is 5.93. The number of fused-ring (bicyclic) bond motifs is 1. The number of hydrogen-bond acceptors (Lipinski definition) is 6. The van der Waals surface area contributed by atoms with Crippen molar-refractivity contribution in [3.05, 3.63) is 65.7 Å². The Kier molecular flexibility index (Phi) is 7.67. The van der Waals surface area contributed by atoms with Crippen molar-refractivity contribution in [3.8, 4) is 23.0 Å². The molecule has 0 unspecified atom stereocenters. The number of quaternary nitrogens is 1. The summed E-state index contributed by atoms with van der Waals surface area (Å²) in [4.78, 5) is 14.2. The topological polar surface area (TPSA) is 67.7 Å². The number of morpholine rings is 1. The maximum atomic E-state index is 12.8. The summed E-state index contributed by atoms with van der Waals surface area (Å²) in [6.45, 7) is 4.11. The fourth-order valence-corrected chi connectivity index (χ4v) is 4.19. The van der Waals surface area contributed by atoms with E-state index < -0.39 is 5.97 Å². The Morgan fingerprint density at radius 1 is 0.941 bits per heavy atom. The van der Waals surface area contributed by atoms with Crippen molar-refractivity contribution in [2.75, 3.05) is 47.6 Å². The second kappa shape index (κ2) is 11.0. The lowest BCUT2D eigenvalue weighted by atomic mass is 10.0. The summed E-state index contributed by atoms with van der Waals surface area (Å²) < 4.78 is 27.4. The van der Waals surface area contributed by atoms with Crippen LogP contribution in [0.3, 0.4) is 0 Å². The molecule has 0 aromatic heterocycles. The number of carbonyl (C=O) groups is 1. The Labute approximate surface area is 199 Å². The fraction of sp³-hybridized carbons (Fsp3) is 0.296. The molecular formula is C27H30NO6+. The number of hydrogen-bond donors (Lipinski definition) is 1. The largest absolute Gasteiger partial charge is 0.493 e. The summed E-state index contributed by atoms with van der Waals surface area (Å²) >= 11 is 0. The molecule has 7 nitrogen and oxygen atoms in total. The molecule has 1 aliphatic heterocycles. The Bertz CT molecular complexity index is 1160. The first-order chi connectivity index (χ1) is 16.6. The second-order valence-electron chi connectivity index (χ2n) is 8.02. The first kappa shape index (κ1) is 23.6. The van der Waals surface area contributed by atoms with Crippen LogP contribution in [0.5, 0.6) is 23.0 Å². The van der Waals surface area contributed by atoms with Crippen LogP contribution < -0.4 is 23.8 Å². The minimum absolute atomic E-state index is 0.456. The molecule has 1 aliphatic rings. The molecule has 3 aromatic carbocycles. The van der Waals surface area contributed by atoms with E-state index in [1.54, 1.807) is 39.5 Å². The van der Waals surface area contributed by atoms with Crippen molar-refractivity contribution < 1.29 is 33.4 Å². The molecule has 0 aliphatic carbocycles. The van der Waals surface area contributed by atoms with Gasteiger partial charge in [0.15, 0.2) is 11.5 Å². The lowest BCUT2D eigenvalue weighted by molar-refractivity contribution is -0.921. The summed E-state index contributed by atoms with van der Waals surface area (Å²) in [5, 5.41) is 2.22. The van der Waals surface area contributed by atoms with Gasteiger partial charge >= 0.3 is 5.97 Å². The molecule has 4 rings (SSSR count). The Balaban J connectivity index is 1.58. The third-order valence-corrected chi connectivity index (χ3v) is 5.93. The third kappa shape index (κ3) is 5.32. The average Bonchev–Trinajstić information content (AvgIpc) is 2.88. The number of ether oxygens (including phenoxy) is 5. The van der Waals surface area contributed by atoms with Gasteiger partial charge < -0.3 is 28.6 Å². The summed E-state index contributed by atoms with van der Waals surface area (Å²) in [5.41, 5.74) is 1.76. The highest BCUT2D eigenvalue weighted by Gasteiger charge is 2.20. The lowest BCUT2D eigenvalue weighted by Crippen LogP contribution is -3.12. The van der Waals surface area contributed by atoms with Crippen molar-refractivity contribution in [2.24, 2.45) is 0 Å². The highest BCUT2D eigenvalue weighted by Crippen LogP contribution is 2.38. The van der Waals surface area contributed by atoms with Gasteiger partial charge in [-0.3, -0.25) is 0 Å². The van der Waals surface area contributed by atoms with Crippen LogP contribution in [0.4, 0.5) is 0 Å². The van der Waals surface area contributed by atoms with Crippen LogP contribution in [0, 0.1) is 0 Å². The number of methoxy groups -OCH3 is 3. The Hall–Kier alpha value is -3.55. The minimum atomic E-state index is -0.456. The van der Waals surface area contributed by atoms with Gasteiger partial charge in [-0.15, -0.1) is 0 Å². The van der Waals surface area contributed by atoms with E-state index in [-0.39, 0.29) is 0 Å². The molecule has 0 spiro atoms.